The number of benzene rings is 1. The van der Waals surface area contributed by atoms with Gasteiger partial charge >= 0.3 is 6.09 Å². The number of nitrogens with two attached hydrogens (primary N) is 1. The Hall–Kier alpha value is -1.34. The zero-order valence-electron chi connectivity index (χ0n) is 8.72. The molecule has 1 amide bonds. The van der Waals surface area contributed by atoms with Crippen LogP contribution >= 0.6 is 28.3 Å². The molecule has 0 fully saturated rings. The highest BCUT2D eigenvalue weighted by Gasteiger charge is 2.10. The van der Waals surface area contributed by atoms with Crippen molar-refractivity contribution in [2.24, 2.45) is 10.8 Å². The van der Waals surface area contributed by atoms with Gasteiger partial charge in [-0.3, -0.25) is 0 Å². The standard InChI is InChI=1S/C9H9BrFN3O2.ClH/c1-14(9(15)16)13-8(12)6-3-2-5(10)4-7(6)11;/h2-4H,1H3,(H2,12,13)(H,15,16);1H. The summed E-state index contributed by atoms with van der Waals surface area (Å²) in [5, 5.41) is 12.7. The average Bonchev–Trinajstić information content (AvgIpc) is 2.16. The maximum absolute atomic E-state index is 13.4. The predicted octanol–water partition coefficient (Wildman–Crippen LogP) is 2.24. The van der Waals surface area contributed by atoms with Crippen LogP contribution in [0, 0.1) is 5.82 Å². The minimum Gasteiger partial charge on any atom is -0.464 e. The van der Waals surface area contributed by atoms with Crippen molar-refractivity contribution in [2.75, 3.05) is 7.05 Å². The molecular formula is C9H10BrClFN3O2. The molecular weight excluding hydrogens is 316 g/mol. The van der Waals surface area contributed by atoms with Crippen molar-refractivity contribution in [3.8, 4) is 0 Å². The number of halogens is 3. The Labute approximate surface area is 112 Å². The summed E-state index contributed by atoms with van der Waals surface area (Å²) in [5.74, 6) is -0.774. The molecule has 0 unspecified atom stereocenters. The first-order chi connectivity index (χ1) is 7.41. The topological polar surface area (TPSA) is 78.9 Å². The summed E-state index contributed by atoms with van der Waals surface area (Å²) >= 11 is 3.09. The molecule has 1 aromatic carbocycles. The molecule has 5 nitrogen and oxygen atoms in total. The minimum absolute atomic E-state index is 0. The van der Waals surface area contributed by atoms with E-state index in [0.717, 1.165) is 0 Å². The highest BCUT2D eigenvalue weighted by molar-refractivity contribution is 9.10. The van der Waals surface area contributed by atoms with E-state index in [-0.39, 0.29) is 23.8 Å². The lowest BCUT2D eigenvalue weighted by Crippen LogP contribution is -2.25. The van der Waals surface area contributed by atoms with Crippen LogP contribution in [0.3, 0.4) is 0 Å². The van der Waals surface area contributed by atoms with Crippen LogP contribution in [0.5, 0.6) is 0 Å². The van der Waals surface area contributed by atoms with Gasteiger partial charge in [0.05, 0.1) is 5.56 Å². The largest absolute Gasteiger partial charge is 0.464 e. The second-order valence-corrected chi connectivity index (χ2v) is 3.83. The number of nitrogens with zero attached hydrogens (tertiary/aromatic N) is 2. The molecule has 0 heterocycles. The van der Waals surface area contributed by atoms with Crippen molar-refractivity contribution in [3.63, 3.8) is 0 Å². The minimum atomic E-state index is -1.28. The zero-order chi connectivity index (χ0) is 12.3. The molecule has 0 aromatic heterocycles. The summed E-state index contributed by atoms with van der Waals surface area (Å²) in [5.41, 5.74) is 5.53. The van der Waals surface area contributed by atoms with Crippen molar-refractivity contribution < 1.29 is 14.3 Å². The summed E-state index contributed by atoms with van der Waals surface area (Å²) in [7, 11) is 1.20. The molecule has 0 saturated heterocycles. The van der Waals surface area contributed by atoms with Crippen molar-refractivity contribution in [3.05, 3.63) is 34.1 Å². The highest BCUT2D eigenvalue weighted by Crippen LogP contribution is 2.15. The van der Waals surface area contributed by atoms with Crippen LogP contribution in [0.4, 0.5) is 9.18 Å². The number of amides is 1. The van der Waals surface area contributed by atoms with Crippen LogP contribution in [-0.2, 0) is 0 Å². The maximum atomic E-state index is 13.4. The van der Waals surface area contributed by atoms with Gasteiger partial charge in [-0.05, 0) is 18.2 Å². The molecule has 0 aliphatic rings. The van der Waals surface area contributed by atoms with Gasteiger partial charge in [0.25, 0.3) is 0 Å². The van der Waals surface area contributed by atoms with Gasteiger partial charge in [0.2, 0.25) is 0 Å². The lowest BCUT2D eigenvalue weighted by Gasteiger charge is -2.08. The van der Waals surface area contributed by atoms with E-state index in [9.17, 15) is 9.18 Å². The molecule has 0 spiro atoms. The van der Waals surface area contributed by atoms with Crippen LogP contribution < -0.4 is 5.73 Å². The smallest absolute Gasteiger partial charge is 0.427 e. The fourth-order valence-corrected chi connectivity index (χ4v) is 1.29. The summed E-state index contributed by atoms with van der Waals surface area (Å²) in [6, 6.07) is 4.22. The van der Waals surface area contributed by atoms with Gasteiger partial charge in [0.1, 0.15) is 5.82 Å². The number of amidine groups is 1. The van der Waals surface area contributed by atoms with Crippen LogP contribution in [0.1, 0.15) is 5.56 Å². The van der Waals surface area contributed by atoms with Gasteiger partial charge in [0, 0.05) is 11.5 Å². The SMILES string of the molecule is CN(N=C(N)c1ccc(Br)cc1F)C(=O)O.Cl. The van der Waals surface area contributed by atoms with Crippen molar-refractivity contribution in [1.82, 2.24) is 5.01 Å². The summed E-state index contributed by atoms with van der Waals surface area (Å²) in [6.45, 7) is 0. The van der Waals surface area contributed by atoms with E-state index in [0.29, 0.717) is 9.48 Å². The monoisotopic (exact) mass is 325 g/mol. The zero-order valence-corrected chi connectivity index (χ0v) is 11.1. The molecule has 0 atom stereocenters. The van der Waals surface area contributed by atoms with Crippen molar-refractivity contribution in [2.45, 2.75) is 0 Å². The van der Waals surface area contributed by atoms with E-state index in [2.05, 4.69) is 21.0 Å². The number of hydrazone groups is 1. The Kier molecular flexibility index (Phi) is 5.90. The van der Waals surface area contributed by atoms with E-state index < -0.39 is 11.9 Å². The first-order valence-corrected chi connectivity index (χ1v) is 4.97. The van der Waals surface area contributed by atoms with E-state index in [1.54, 1.807) is 6.07 Å². The van der Waals surface area contributed by atoms with E-state index >= 15 is 0 Å². The van der Waals surface area contributed by atoms with Crippen LogP contribution in [0.15, 0.2) is 27.8 Å². The fraction of sp³-hybridized carbons (Fsp3) is 0.111. The molecule has 0 radical (unpaired) electrons. The number of carboxylic acid groups (broad SMARTS) is 1. The first-order valence-electron chi connectivity index (χ1n) is 4.18. The molecule has 0 aliphatic carbocycles. The Morgan fingerprint density at radius 1 is 1.59 bits per heavy atom. The average molecular weight is 327 g/mol. The molecule has 8 heteroatoms. The maximum Gasteiger partial charge on any atom is 0.427 e. The predicted molar refractivity (Wildman–Crippen MR) is 67.9 cm³/mol. The molecule has 1 rings (SSSR count). The number of hydrogen-bond donors (Lipinski definition) is 2. The van der Waals surface area contributed by atoms with E-state index in [1.165, 1.54) is 19.2 Å². The second-order valence-electron chi connectivity index (χ2n) is 2.92. The summed E-state index contributed by atoms with van der Waals surface area (Å²) in [6.07, 6.45) is -1.28. The van der Waals surface area contributed by atoms with Gasteiger partial charge in [-0.1, -0.05) is 15.9 Å². The number of rotatable bonds is 2. The Bertz CT molecular complexity index is 456. The van der Waals surface area contributed by atoms with E-state index in [1.807, 2.05) is 0 Å². The third-order valence-corrected chi connectivity index (χ3v) is 2.23. The van der Waals surface area contributed by atoms with Crippen LogP contribution in [0.25, 0.3) is 0 Å². The molecule has 1 aromatic rings. The van der Waals surface area contributed by atoms with Gasteiger partial charge < -0.3 is 10.8 Å². The summed E-state index contributed by atoms with van der Waals surface area (Å²) in [4.78, 5) is 10.5. The van der Waals surface area contributed by atoms with E-state index in [4.69, 9.17) is 10.8 Å². The van der Waals surface area contributed by atoms with Gasteiger partial charge in [-0.15, -0.1) is 17.5 Å². The van der Waals surface area contributed by atoms with Crippen LogP contribution in [0.2, 0.25) is 0 Å². The first kappa shape index (κ1) is 15.7. The van der Waals surface area contributed by atoms with Crippen molar-refractivity contribution >= 4 is 40.3 Å². The van der Waals surface area contributed by atoms with Gasteiger partial charge in [-0.25, -0.2) is 9.18 Å². The molecule has 94 valence electrons. The third-order valence-electron chi connectivity index (χ3n) is 1.74. The Morgan fingerprint density at radius 3 is 2.65 bits per heavy atom. The van der Waals surface area contributed by atoms with Gasteiger partial charge in [0.15, 0.2) is 5.84 Å². The molecule has 0 bridgehead atoms. The number of carbonyl (C=O) groups is 1. The lowest BCUT2D eigenvalue weighted by molar-refractivity contribution is 0.157. The molecule has 0 saturated carbocycles. The summed E-state index contributed by atoms with van der Waals surface area (Å²) < 4.78 is 14.0. The highest BCUT2D eigenvalue weighted by atomic mass is 79.9. The molecule has 17 heavy (non-hydrogen) atoms. The van der Waals surface area contributed by atoms with Crippen molar-refractivity contribution in [1.29, 1.82) is 0 Å². The quantitative estimate of drug-likeness (QED) is 0.497. The Morgan fingerprint density at radius 2 is 2.18 bits per heavy atom. The second kappa shape index (κ2) is 6.41. The van der Waals surface area contributed by atoms with Gasteiger partial charge in [-0.2, -0.15) is 5.01 Å². The fourth-order valence-electron chi connectivity index (χ4n) is 0.955. The lowest BCUT2D eigenvalue weighted by atomic mass is 10.2. The van der Waals surface area contributed by atoms with Crippen LogP contribution in [-0.4, -0.2) is 29.1 Å². The normalized spacial score (nSPS) is 10.6. The Balaban J connectivity index is 0.00000256. The number of hydrogen-bond acceptors (Lipinski definition) is 2. The third kappa shape index (κ3) is 4.20. The molecule has 3 N–H and O–H groups in total. The molecule has 0 aliphatic heterocycles.